The van der Waals surface area contributed by atoms with Crippen molar-refractivity contribution in [1.29, 1.82) is 0 Å². The van der Waals surface area contributed by atoms with E-state index < -0.39 is 17.0 Å². The van der Waals surface area contributed by atoms with Crippen molar-refractivity contribution in [2.75, 3.05) is 7.11 Å². The SMILES string of the molecule is COC(=O)Cn1ccc(C(C)C)c1C(=O)C(=O)Cl. The van der Waals surface area contributed by atoms with Gasteiger partial charge in [0, 0.05) is 6.20 Å². The first-order chi connectivity index (χ1) is 8.38. The maximum Gasteiger partial charge on any atom is 0.325 e. The first-order valence-electron chi connectivity index (χ1n) is 5.38. The molecular weight excluding hydrogens is 258 g/mol. The van der Waals surface area contributed by atoms with Gasteiger partial charge >= 0.3 is 5.97 Å². The summed E-state index contributed by atoms with van der Waals surface area (Å²) in [4.78, 5) is 34.0. The Labute approximate surface area is 110 Å². The summed E-state index contributed by atoms with van der Waals surface area (Å²) in [6, 6.07) is 1.70. The maximum atomic E-state index is 11.8. The van der Waals surface area contributed by atoms with Crippen LogP contribution in [0.3, 0.4) is 0 Å². The van der Waals surface area contributed by atoms with E-state index in [0.717, 1.165) is 0 Å². The van der Waals surface area contributed by atoms with Crippen molar-refractivity contribution in [3.8, 4) is 0 Å². The van der Waals surface area contributed by atoms with Crippen molar-refractivity contribution in [1.82, 2.24) is 4.57 Å². The Balaban J connectivity index is 3.23. The largest absolute Gasteiger partial charge is 0.468 e. The number of esters is 1. The molecule has 0 aromatic carbocycles. The molecule has 18 heavy (non-hydrogen) atoms. The number of Topliss-reactive ketones (excluding diaryl/α,β-unsaturated/α-hetero) is 1. The fourth-order valence-corrected chi connectivity index (χ4v) is 1.73. The van der Waals surface area contributed by atoms with Gasteiger partial charge < -0.3 is 9.30 Å². The van der Waals surface area contributed by atoms with Crippen LogP contribution in [0.2, 0.25) is 0 Å². The molecule has 1 rings (SSSR count). The summed E-state index contributed by atoms with van der Waals surface area (Å²) in [5.74, 6) is -1.27. The van der Waals surface area contributed by atoms with Crippen molar-refractivity contribution in [3.63, 3.8) is 0 Å². The molecular formula is C12H14ClNO4. The minimum absolute atomic E-state index is 0.0406. The number of halogens is 1. The van der Waals surface area contributed by atoms with Crippen molar-refractivity contribution in [2.45, 2.75) is 26.3 Å². The minimum Gasteiger partial charge on any atom is -0.468 e. The highest BCUT2D eigenvalue weighted by atomic mass is 35.5. The second kappa shape index (κ2) is 5.82. The van der Waals surface area contributed by atoms with E-state index in [0.29, 0.717) is 5.56 Å². The van der Waals surface area contributed by atoms with Crippen LogP contribution in [0, 0.1) is 0 Å². The van der Waals surface area contributed by atoms with Gasteiger partial charge in [-0.15, -0.1) is 0 Å². The molecule has 5 nitrogen and oxygen atoms in total. The highest BCUT2D eigenvalue weighted by molar-refractivity contribution is 6.83. The van der Waals surface area contributed by atoms with Crippen molar-refractivity contribution < 1.29 is 19.1 Å². The average Bonchev–Trinajstić information content (AvgIpc) is 2.71. The van der Waals surface area contributed by atoms with Crippen molar-refractivity contribution >= 4 is 28.6 Å². The molecule has 98 valence electrons. The average molecular weight is 272 g/mol. The Bertz CT molecular complexity index is 490. The number of ether oxygens (including phenoxy) is 1. The van der Waals surface area contributed by atoms with Crippen LogP contribution in [0.25, 0.3) is 0 Å². The summed E-state index contributed by atoms with van der Waals surface area (Å²) in [5.41, 5.74) is 0.827. The first-order valence-corrected chi connectivity index (χ1v) is 5.76. The standard InChI is InChI=1S/C12H14ClNO4/c1-7(2)8-4-5-14(6-9(15)18-3)10(8)11(16)12(13)17/h4-5,7H,6H2,1-3H3. The van der Waals surface area contributed by atoms with Crippen LogP contribution in [0.1, 0.15) is 35.8 Å². The maximum absolute atomic E-state index is 11.8. The van der Waals surface area contributed by atoms with Gasteiger partial charge in [-0.2, -0.15) is 0 Å². The van der Waals surface area contributed by atoms with Crippen LogP contribution in [-0.4, -0.2) is 28.7 Å². The number of methoxy groups -OCH3 is 1. The number of carbonyl (C=O) groups excluding carboxylic acids is 3. The zero-order chi connectivity index (χ0) is 13.9. The number of nitrogens with zero attached hydrogens (tertiary/aromatic N) is 1. The molecule has 0 aliphatic heterocycles. The van der Waals surface area contributed by atoms with Crippen LogP contribution >= 0.6 is 11.6 Å². The summed E-state index contributed by atoms with van der Waals surface area (Å²) in [6.45, 7) is 3.63. The lowest BCUT2D eigenvalue weighted by Crippen LogP contribution is -2.20. The van der Waals surface area contributed by atoms with Crippen LogP contribution in [0.5, 0.6) is 0 Å². The molecule has 6 heteroatoms. The van der Waals surface area contributed by atoms with E-state index in [1.54, 1.807) is 12.3 Å². The smallest absolute Gasteiger partial charge is 0.325 e. The van der Waals surface area contributed by atoms with E-state index in [2.05, 4.69) is 4.74 Å². The van der Waals surface area contributed by atoms with E-state index >= 15 is 0 Å². The number of ketones is 1. The molecule has 0 amide bonds. The monoisotopic (exact) mass is 271 g/mol. The van der Waals surface area contributed by atoms with Crippen molar-refractivity contribution in [2.24, 2.45) is 0 Å². The molecule has 0 radical (unpaired) electrons. The second-order valence-electron chi connectivity index (χ2n) is 4.08. The zero-order valence-electron chi connectivity index (χ0n) is 10.4. The van der Waals surface area contributed by atoms with Crippen molar-refractivity contribution in [3.05, 3.63) is 23.5 Å². The van der Waals surface area contributed by atoms with Gasteiger partial charge in [-0.3, -0.25) is 14.4 Å². The molecule has 0 bridgehead atoms. The summed E-state index contributed by atoms with van der Waals surface area (Å²) < 4.78 is 5.91. The molecule has 0 fully saturated rings. The zero-order valence-corrected chi connectivity index (χ0v) is 11.2. The molecule has 1 aromatic rings. The highest BCUT2D eigenvalue weighted by Crippen LogP contribution is 2.22. The van der Waals surface area contributed by atoms with E-state index in [1.807, 2.05) is 13.8 Å². The van der Waals surface area contributed by atoms with Gasteiger partial charge in [0.25, 0.3) is 11.0 Å². The lowest BCUT2D eigenvalue weighted by Gasteiger charge is -2.09. The number of carbonyl (C=O) groups is 3. The van der Waals surface area contributed by atoms with E-state index in [9.17, 15) is 14.4 Å². The fraction of sp³-hybridized carbons (Fsp3) is 0.417. The third kappa shape index (κ3) is 2.98. The van der Waals surface area contributed by atoms with Gasteiger partial charge in [0.15, 0.2) is 0 Å². The summed E-state index contributed by atoms with van der Waals surface area (Å²) in [7, 11) is 1.25. The third-order valence-corrected chi connectivity index (χ3v) is 2.71. The Morgan fingerprint density at radius 3 is 2.44 bits per heavy atom. The fourth-order valence-electron chi connectivity index (χ4n) is 1.65. The second-order valence-corrected chi connectivity index (χ2v) is 4.42. The van der Waals surface area contributed by atoms with Gasteiger partial charge in [-0.1, -0.05) is 13.8 Å². The first kappa shape index (κ1) is 14.4. The van der Waals surface area contributed by atoms with E-state index in [-0.39, 0.29) is 18.2 Å². The van der Waals surface area contributed by atoms with Gasteiger partial charge in [0.05, 0.1) is 12.8 Å². The van der Waals surface area contributed by atoms with Gasteiger partial charge in [-0.25, -0.2) is 0 Å². The summed E-state index contributed by atoms with van der Waals surface area (Å²) >= 11 is 5.22. The number of aromatic nitrogens is 1. The third-order valence-electron chi connectivity index (χ3n) is 2.54. The quantitative estimate of drug-likeness (QED) is 0.354. The van der Waals surface area contributed by atoms with E-state index in [4.69, 9.17) is 11.6 Å². The topological polar surface area (TPSA) is 65.4 Å². The highest BCUT2D eigenvalue weighted by Gasteiger charge is 2.24. The number of rotatable bonds is 5. The number of hydrogen-bond acceptors (Lipinski definition) is 4. The molecule has 0 saturated heterocycles. The Morgan fingerprint density at radius 2 is 2.00 bits per heavy atom. The van der Waals surface area contributed by atoms with Gasteiger partial charge in [0.1, 0.15) is 6.54 Å². The Hall–Kier alpha value is -1.62. The van der Waals surface area contributed by atoms with Crippen LogP contribution < -0.4 is 0 Å². The summed E-state index contributed by atoms with van der Waals surface area (Å²) in [6.07, 6.45) is 1.57. The predicted octanol–water partition coefficient (Wildman–Crippen LogP) is 1.73. The predicted molar refractivity (Wildman–Crippen MR) is 65.7 cm³/mol. The van der Waals surface area contributed by atoms with Crippen LogP contribution in [-0.2, 0) is 20.9 Å². The van der Waals surface area contributed by atoms with Gasteiger partial charge in [-0.05, 0) is 29.1 Å². The molecule has 0 aliphatic carbocycles. The normalized spacial score (nSPS) is 10.5. The molecule has 1 heterocycles. The van der Waals surface area contributed by atoms with Crippen LogP contribution in [0.15, 0.2) is 12.3 Å². The molecule has 1 aromatic heterocycles. The molecule has 0 N–H and O–H groups in total. The van der Waals surface area contributed by atoms with E-state index in [1.165, 1.54) is 11.7 Å². The number of hydrogen-bond donors (Lipinski definition) is 0. The lowest BCUT2D eigenvalue weighted by atomic mass is 10.0. The lowest BCUT2D eigenvalue weighted by molar-refractivity contribution is -0.141. The molecule has 0 saturated carbocycles. The summed E-state index contributed by atoms with van der Waals surface area (Å²) in [5, 5.41) is -1.07. The Kier molecular flexibility index (Phi) is 4.67. The minimum atomic E-state index is -1.07. The Morgan fingerprint density at radius 1 is 1.39 bits per heavy atom. The molecule has 0 spiro atoms. The van der Waals surface area contributed by atoms with Crippen LogP contribution in [0.4, 0.5) is 0 Å². The molecule has 0 atom stereocenters. The molecule has 0 aliphatic rings. The van der Waals surface area contributed by atoms with Gasteiger partial charge in [0.2, 0.25) is 0 Å². The molecule has 0 unspecified atom stereocenters.